The quantitative estimate of drug-likeness (QED) is 0.637. The molecule has 114 valence electrons. The average molecular weight is 297 g/mol. The topological polar surface area (TPSA) is 139 Å². The zero-order chi connectivity index (χ0) is 16.3. The number of nitrogens with one attached hydrogen (secondary N) is 1. The van der Waals surface area contributed by atoms with E-state index in [1.54, 1.807) is 6.92 Å². The predicted molar refractivity (Wildman–Crippen MR) is 70.1 cm³/mol. The lowest BCUT2D eigenvalue weighted by atomic mass is 10.1. The zero-order valence-electron chi connectivity index (χ0n) is 11.7. The van der Waals surface area contributed by atoms with Gasteiger partial charge >= 0.3 is 11.9 Å². The monoisotopic (exact) mass is 297 g/mol. The Bertz CT molecular complexity index is 664. The number of hydrogen-bond acceptors (Lipinski definition) is 5. The smallest absolute Gasteiger partial charge is 0.326 e. The summed E-state index contributed by atoms with van der Waals surface area (Å²) < 4.78 is 0.963. The summed E-state index contributed by atoms with van der Waals surface area (Å²) in [4.78, 5) is 45.5. The van der Waals surface area contributed by atoms with E-state index in [4.69, 9.17) is 10.2 Å². The molecule has 0 aliphatic heterocycles. The van der Waals surface area contributed by atoms with Crippen molar-refractivity contribution < 1.29 is 24.6 Å². The predicted octanol–water partition coefficient (Wildman–Crippen LogP) is -0.945. The molecule has 9 heteroatoms. The van der Waals surface area contributed by atoms with Crippen LogP contribution in [0.1, 0.15) is 28.0 Å². The normalized spacial score (nSPS) is 11.8. The van der Waals surface area contributed by atoms with Crippen molar-refractivity contribution in [3.63, 3.8) is 0 Å². The molecule has 0 saturated heterocycles. The standard InChI is InChI=1S/C12H15N3O6/c1-5-6(2)14-15(3)11(19)9(5)10(18)13-7(12(20)21)4-8(16)17/h7H,4H2,1-3H3,(H,13,18)(H,16,17)(H,20,21). The second kappa shape index (κ2) is 6.16. The van der Waals surface area contributed by atoms with Crippen LogP contribution in [0.25, 0.3) is 0 Å². The first kappa shape index (κ1) is 16.3. The van der Waals surface area contributed by atoms with E-state index in [0.717, 1.165) is 4.68 Å². The number of aromatic nitrogens is 2. The van der Waals surface area contributed by atoms with Gasteiger partial charge in [0.25, 0.3) is 11.5 Å². The Morgan fingerprint density at radius 1 is 1.29 bits per heavy atom. The van der Waals surface area contributed by atoms with Gasteiger partial charge in [0.2, 0.25) is 0 Å². The molecule has 21 heavy (non-hydrogen) atoms. The van der Waals surface area contributed by atoms with Crippen LogP contribution < -0.4 is 10.9 Å². The first-order chi connectivity index (χ1) is 9.65. The summed E-state index contributed by atoms with van der Waals surface area (Å²) in [6.45, 7) is 3.10. The van der Waals surface area contributed by atoms with Crippen molar-refractivity contribution in [1.82, 2.24) is 15.1 Å². The van der Waals surface area contributed by atoms with E-state index in [0.29, 0.717) is 11.3 Å². The molecular weight excluding hydrogens is 282 g/mol. The molecule has 0 saturated carbocycles. The van der Waals surface area contributed by atoms with Crippen molar-refractivity contribution in [2.45, 2.75) is 26.3 Å². The number of aryl methyl sites for hydroxylation is 2. The summed E-state index contributed by atoms with van der Waals surface area (Å²) in [5, 5.41) is 23.4. The lowest BCUT2D eigenvalue weighted by Crippen LogP contribution is -2.45. The highest BCUT2D eigenvalue weighted by Crippen LogP contribution is 2.06. The summed E-state index contributed by atoms with van der Waals surface area (Å²) in [5.41, 5.74) is -0.181. The molecule has 3 N–H and O–H groups in total. The number of aliphatic carboxylic acids is 2. The molecule has 9 nitrogen and oxygen atoms in total. The highest BCUT2D eigenvalue weighted by molar-refractivity contribution is 5.98. The minimum absolute atomic E-state index is 0.248. The van der Waals surface area contributed by atoms with Crippen LogP contribution in [0.4, 0.5) is 0 Å². The third-order valence-corrected chi connectivity index (χ3v) is 2.93. The van der Waals surface area contributed by atoms with Crippen LogP contribution in [0.15, 0.2) is 4.79 Å². The van der Waals surface area contributed by atoms with E-state index in [9.17, 15) is 19.2 Å². The van der Waals surface area contributed by atoms with Crippen LogP contribution in [0.5, 0.6) is 0 Å². The van der Waals surface area contributed by atoms with Crippen molar-refractivity contribution in [2.75, 3.05) is 0 Å². The fraction of sp³-hybridized carbons (Fsp3) is 0.417. The van der Waals surface area contributed by atoms with Crippen molar-refractivity contribution in [3.8, 4) is 0 Å². The first-order valence-electron chi connectivity index (χ1n) is 5.95. The Hall–Kier alpha value is -2.71. The van der Waals surface area contributed by atoms with Crippen molar-refractivity contribution >= 4 is 17.8 Å². The molecule has 0 aliphatic rings. The van der Waals surface area contributed by atoms with Crippen molar-refractivity contribution in [3.05, 3.63) is 27.2 Å². The van der Waals surface area contributed by atoms with Crippen molar-refractivity contribution in [2.24, 2.45) is 7.05 Å². The molecule has 1 unspecified atom stereocenters. The fourth-order valence-corrected chi connectivity index (χ4v) is 1.72. The lowest BCUT2D eigenvalue weighted by molar-refractivity contribution is -0.145. The van der Waals surface area contributed by atoms with Gasteiger partial charge in [-0.1, -0.05) is 0 Å². The molecule has 1 aromatic rings. The molecule has 0 radical (unpaired) electrons. The Morgan fingerprint density at radius 3 is 2.33 bits per heavy atom. The van der Waals surface area contributed by atoms with Crippen LogP contribution >= 0.6 is 0 Å². The average Bonchev–Trinajstić information content (AvgIpc) is 2.35. The van der Waals surface area contributed by atoms with Crippen LogP contribution in [0, 0.1) is 13.8 Å². The second-order valence-corrected chi connectivity index (χ2v) is 4.48. The van der Waals surface area contributed by atoms with Gasteiger partial charge in [-0.25, -0.2) is 9.48 Å². The van der Waals surface area contributed by atoms with Crippen LogP contribution in [-0.4, -0.2) is 43.9 Å². The van der Waals surface area contributed by atoms with Gasteiger partial charge in [-0.2, -0.15) is 5.10 Å². The maximum absolute atomic E-state index is 12.1. The maximum Gasteiger partial charge on any atom is 0.326 e. The molecule has 0 aromatic carbocycles. The van der Waals surface area contributed by atoms with E-state index in [-0.39, 0.29) is 5.56 Å². The van der Waals surface area contributed by atoms with Crippen LogP contribution in [-0.2, 0) is 16.6 Å². The molecule has 0 fully saturated rings. The SMILES string of the molecule is Cc1nn(C)c(=O)c(C(=O)NC(CC(=O)O)C(=O)O)c1C. The largest absolute Gasteiger partial charge is 0.481 e. The summed E-state index contributed by atoms with van der Waals surface area (Å²) in [5.74, 6) is -3.81. The van der Waals surface area contributed by atoms with Crippen molar-refractivity contribution in [1.29, 1.82) is 0 Å². The van der Waals surface area contributed by atoms with Gasteiger partial charge in [0.05, 0.1) is 12.1 Å². The third-order valence-electron chi connectivity index (χ3n) is 2.93. The highest BCUT2D eigenvalue weighted by atomic mass is 16.4. The molecular formula is C12H15N3O6. The summed E-state index contributed by atoms with van der Waals surface area (Å²) in [7, 11) is 1.36. The lowest BCUT2D eigenvalue weighted by Gasteiger charge is -2.14. The van der Waals surface area contributed by atoms with E-state index in [2.05, 4.69) is 5.10 Å². The molecule has 0 aliphatic carbocycles. The minimum atomic E-state index is -1.62. The Labute approximate surface area is 119 Å². The summed E-state index contributed by atoms with van der Waals surface area (Å²) in [6, 6.07) is -1.62. The number of rotatable bonds is 5. The van der Waals surface area contributed by atoms with E-state index in [1.807, 2.05) is 5.32 Å². The van der Waals surface area contributed by atoms with Gasteiger partial charge in [-0.15, -0.1) is 0 Å². The van der Waals surface area contributed by atoms with Gasteiger partial charge in [0, 0.05) is 7.05 Å². The van der Waals surface area contributed by atoms with Gasteiger partial charge in [-0.05, 0) is 19.4 Å². The minimum Gasteiger partial charge on any atom is -0.481 e. The number of hydrogen-bond donors (Lipinski definition) is 3. The van der Waals surface area contributed by atoms with Crippen LogP contribution in [0.2, 0.25) is 0 Å². The van der Waals surface area contributed by atoms with E-state index < -0.39 is 35.9 Å². The number of carbonyl (C=O) groups is 3. The van der Waals surface area contributed by atoms with Gasteiger partial charge < -0.3 is 15.5 Å². The number of carboxylic acid groups (broad SMARTS) is 2. The van der Waals surface area contributed by atoms with Gasteiger partial charge in [0.1, 0.15) is 11.6 Å². The Balaban J connectivity index is 3.17. The van der Waals surface area contributed by atoms with E-state index >= 15 is 0 Å². The fourth-order valence-electron chi connectivity index (χ4n) is 1.72. The third kappa shape index (κ3) is 3.65. The molecule has 1 heterocycles. The number of amides is 1. The van der Waals surface area contributed by atoms with E-state index in [1.165, 1.54) is 14.0 Å². The molecule has 1 aromatic heterocycles. The van der Waals surface area contributed by atoms with Crippen LogP contribution in [0.3, 0.4) is 0 Å². The number of carbonyl (C=O) groups excluding carboxylic acids is 1. The molecule has 0 bridgehead atoms. The molecule has 0 spiro atoms. The molecule has 1 amide bonds. The van der Waals surface area contributed by atoms with Gasteiger partial charge in [0.15, 0.2) is 0 Å². The summed E-state index contributed by atoms with van der Waals surface area (Å²) >= 11 is 0. The second-order valence-electron chi connectivity index (χ2n) is 4.48. The molecule has 1 rings (SSSR count). The highest BCUT2D eigenvalue weighted by Gasteiger charge is 2.26. The molecule has 1 atom stereocenters. The maximum atomic E-state index is 12.1. The number of carboxylic acids is 2. The Morgan fingerprint density at radius 2 is 1.86 bits per heavy atom. The summed E-state index contributed by atoms with van der Waals surface area (Å²) in [6.07, 6.45) is -0.787. The number of nitrogens with zero attached hydrogens (tertiary/aromatic N) is 2. The Kier molecular flexibility index (Phi) is 4.79. The first-order valence-corrected chi connectivity index (χ1v) is 5.95. The van der Waals surface area contributed by atoms with Gasteiger partial charge in [-0.3, -0.25) is 14.4 Å². The zero-order valence-corrected chi connectivity index (χ0v) is 11.7.